The van der Waals surface area contributed by atoms with E-state index in [0.29, 0.717) is 22.8 Å². The molecule has 2 aliphatic rings. The Labute approximate surface area is 165 Å². The molecule has 0 bridgehead atoms. The van der Waals surface area contributed by atoms with Crippen LogP contribution in [0.4, 0.5) is 0 Å². The van der Waals surface area contributed by atoms with E-state index in [2.05, 4.69) is 6.92 Å². The van der Waals surface area contributed by atoms with Crippen molar-refractivity contribution >= 4 is 39.1 Å². The van der Waals surface area contributed by atoms with Gasteiger partial charge in [0.2, 0.25) is 6.79 Å². The predicted octanol–water partition coefficient (Wildman–Crippen LogP) is 4.45. The van der Waals surface area contributed by atoms with Gasteiger partial charge in [-0.3, -0.25) is 4.79 Å². The third-order valence-electron chi connectivity index (χ3n) is 4.93. The number of thioether (sulfide) groups is 1. The summed E-state index contributed by atoms with van der Waals surface area (Å²) in [7, 11) is 0. The number of aryl methyl sites for hydroxylation is 3. The number of rotatable bonds is 5. The lowest BCUT2D eigenvalue weighted by molar-refractivity contribution is 0.102. The Morgan fingerprint density at radius 3 is 3.00 bits per heavy atom. The van der Waals surface area contributed by atoms with Crippen LogP contribution in [-0.2, 0) is 19.3 Å². The molecule has 0 atom stereocenters. The van der Waals surface area contributed by atoms with E-state index in [1.54, 1.807) is 29.5 Å². The smallest absolute Gasteiger partial charge is 0.231 e. The first-order valence-corrected chi connectivity index (χ1v) is 10.9. The van der Waals surface area contributed by atoms with Crippen molar-refractivity contribution in [3.63, 3.8) is 0 Å². The molecule has 0 radical (unpaired) electrons. The molecular formula is C20H18N2O3S2. The molecule has 0 amide bonds. The molecule has 5 nitrogen and oxygen atoms in total. The molecule has 3 aromatic rings. The molecule has 1 aliphatic carbocycles. The third-order valence-corrected chi connectivity index (χ3v) is 7.09. The average Bonchev–Trinajstić information content (AvgIpc) is 3.39. The maximum Gasteiger partial charge on any atom is 0.231 e. The quantitative estimate of drug-likeness (QED) is 0.360. The lowest BCUT2D eigenvalue weighted by Crippen LogP contribution is -2.04. The van der Waals surface area contributed by atoms with E-state index >= 15 is 0 Å². The summed E-state index contributed by atoms with van der Waals surface area (Å²) >= 11 is 3.31. The van der Waals surface area contributed by atoms with Gasteiger partial charge in [0.15, 0.2) is 17.3 Å². The summed E-state index contributed by atoms with van der Waals surface area (Å²) in [6, 6.07) is 5.36. The van der Waals surface area contributed by atoms with E-state index in [1.807, 2.05) is 0 Å². The van der Waals surface area contributed by atoms with Crippen molar-refractivity contribution in [2.24, 2.45) is 0 Å². The number of benzene rings is 1. The number of ketones is 1. The molecule has 138 valence electrons. The maximum atomic E-state index is 12.7. The number of thiophene rings is 1. The SMILES string of the molecule is CCc1nc(SCC(=O)c2ccc3c(c2)OCO3)c2c3c(sc2n1)CCC3. The minimum atomic E-state index is 0.0648. The van der Waals surface area contributed by atoms with E-state index in [-0.39, 0.29) is 12.6 Å². The zero-order valence-corrected chi connectivity index (χ0v) is 16.5. The summed E-state index contributed by atoms with van der Waals surface area (Å²) in [6.07, 6.45) is 4.22. The second kappa shape index (κ2) is 6.80. The number of Topliss-reactive ketones (excluding diaryl/α,β-unsaturated/α-hetero) is 1. The molecule has 0 spiro atoms. The molecular weight excluding hydrogens is 380 g/mol. The Bertz CT molecular complexity index is 1060. The van der Waals surface area contributed by atoms with Crippen LogP contribution < -0.4 is 9.47 Å². The Morgan fingerprint density at radius 2 is 2.11 bits per heavy atom. The van der Waals surface area contributed by atoms with Crippen molar-refractivity contribution in [1.82, 2.24) is 9.97 Å². The van der Waals surface area contributed by atoms with Gasteiger partial charge in [-0.15, -0.1) is 11.3 Å². The number of aromatic nitrogens is 2. The first-order valence-electron chi connectivity index (χ1n) is 9.09. The molecule has 0 unspecified atom stereocenters. The predicted molar refractivity (Wildman–Crippen MR) is 106 cm³/mol. The number of carbonyl (C=O) groups excluding carboxylic acids is 1. The Balaban J connectivity index is 1.43. The highest BCUT2D eigenvalue weighted by Gasteiger charge is 2.23. The highest BCUT2D eigenvalue weighted by atomic mass is 32.2. The van der Waals surface area contributed by atoms with Gasteiger partial charge in [0, 0.05) is 22.2 Å². The van der Waals surface area contributed by atoms with Gasteiger partial charge in [0.25, 0.3) is 0 Å². The van der Waals surface area contributed by atoms with E-state index in [4.69, 9.17) is 19.4 Å². The molecule has 0 saturated heterocycles. The van der Waals surface area contributed by atoms with Crippen LogP contribution in [0.25, 0.3) is 10.2 Å². The standard InChI is InChI=1S/C20H18N2O3S2/c1-2-17-21-19(18-12-4-3-5-16(12)27-20(18)22-17)26-9-13(23)11-6-7-14-15(8-11)25-10-24-14/h6-8H,2-5,9-10H2,1H3. The monoisotopic (exact) mass is 398 g/mol. The molecule has 1 aliphatic heterocycles. The number of fused-ring (bicyclic) bond motifs is 4. The first kappa shape index (κ1) is 17.0. The van der Waals surface area contributed by atoms with Gasteiger partial charge < -0.3 is 9.47 Å². The van der Waals surface area contributed by atoms with Crippen molar-refractivity contribution in [3.05, 3.63) is 40.0 Å². The topological polar surface area (TPSA) is 61.3 Å². The summed E-state index contributed by atoms with van der Waals surface area (Å²) < 4.78 is 10.7. The normalized spacial score (nSPS) is 14.7. The van der Waals surface area contributed by atoms with Crippen molar-refractivity contribution < 1.29 is 14.3 Å². The zero-order valence-electron chi connectivity index (χ0n) is 14.9. The minimum absolute atomic E-state index is 0.0648. The Hall–Kier alpha value is -2.12. The van der Waals surface area contributed by atoms with E-state index in [0.717, 1.165) is 34.9 Å². The lowest BCUT2D eigenvalue weighted by Gasteiger charge is -2.07. The van der Waals surface area contributed by atoms with Gasteiger partial charge >= 0.3 is 0 Å². The van der Waals surface area contributed by atoms with Crippen LogP contribution in [0.1, 0.15) is 40.0 Å². The summed E-state index contributed by atoms with van der Waals surface area (Å²) in [6.45, 7) is 2.28. The summed E-state index contributed by atoms with van der Waals surface area (Å²) in [5.74, 6) is 2.59. The number of nitrogens with zero attached hydrogens (tertiary/aromatic N) is 2. The van der Waals surface area contributed by atoms with Crippen LogP contribution >= 0.6 is 23.1 Å². The van der Waals surface area contributed by atoms with Gasteiger partial charge in [0.1, 0.15) is 15.7 Å². The fraction of sp³-hybridized carbons (Fsp3) is 0.350. The van der Waals surface area contributed by atoms with Crippen LogP contribution in [0.15, 0.2) is 23.2 Å². The van der Waals surface area contributed by atoms with Gasteiger partial charge in [-0.05, 0) is 43.0 Å². The van der Waals surface area contributed by atoms with E-state index < -0.39 is 0 Å². The fourth-order valence-electron chi connectivity index (χ4n) is 3.55. The fourth-order valence-corrected chi connectivity index (χ4v) is 5.87. The number of hydrogen-bond acceptors (Lipinski definition) is 7. The molecule has 0 fully saturated rings. The minimum Gasteiger partial charge on any atom is -0.454 e. The molecule has 2 aromatic heterocycles. The van der Waals surface area contributed by atoms with Crippen molar-refractivity contribution in [3.8, 4) is 11.5 Å². The maximum absolute atomic E-state index is 12.7. The van der Waals surface area contributed by atoms with E-state index in [1.165, 1.54) is 34.0 Å². The van der Waals surface area contributed by atoms with Crippen LogP contribution in [0.3, 0.4) is 0 Å². The number of carbonyl (C=O) groups is 1. The van der Waals surface area contributed by atoms with Crippen LogP contribution in [0.2, 0.25) is 0 Å². The second-order valence-electron chi connectivity index (χ2n) is 6.62. The molecule has 7 heteroatoms. The lowest BCUT2D eigenvalue weighted by atomic mass is 10.1. The Kier molecular flexibility index (Phi) is 4.28. The van der Waals surface area contributed by atoms with Crippen LogP contribution in [0, 0.1) is 0 Å². The Morgan fingerprint density at radius 1 is 1.22 bits per heavy atom. The molecule has 27 heavy (non-hydrogen) atoms. The van der Waals surface area contributed by atoms with Gasteiger partial charge in [-0.25, -0.2) is 9.97 Å². The van der Waals surface area contributed by atoms with Gasteiger partial charge in [-0.1, -0.05) is 18.7 Å². The zero-order chi connectivity index (χ0) is 18.4. The summed E-state index contributed by atoms with van der Waals surface area (Å²) in [4.78, 5) is 24.7. The molecule has 3 heterocycles. The third kappa shape index (κ3) is 2.99. The molecule has 5 rings (SSSR count). The van der Waals surface area contributed by atoms with E-state index in [9.17, 15) is 4.79 Å². The summed E-state index contributed by atoms with van der Waals surface area (Å²) in [5, 5.41) is 2.12. The summed E-state index contributed by atoms with van der Waals surface area (Å²) in [5.41, 5.74) is 2.04. The number of hydrogen-bond donors (Lipinski definition) is 0. The highest BCUT2D eigenvalue weighted by Crippen LogP contribution is 2.41. The van der Waals surface area contributed by atoms with Crippen molar-refractivity contribution in [1.29, 1.82) is 0 Å². The highest BCUT2D eigenvalue weighted by molar-refractivity contribution is 8.00. The van der Waals surface area contributed by atoms with Gasteiger partial charge in [0.05, 0.1) is 5.75 Å². The van der Waals surface area contributed by atoms with Crippen LogP contribution in [-0.4, -0.2) is 28.3 Å². The average molecular weight is 399 g/mol. The van der Waals surface area contributed by atoms with Crippen molar-refractivity contribution in [2.45, 2.75) is 37.6 Å². The number of ether oxygens (including phenoxy) is 2. The molecule has 0 saturated carbocycles. The largest absolute Gasteiger partial charge is 0.454 e. The van der Waals surface area contributed by atoms with Crippen molar-refractivity contribution in [2.75, 3.05) is 12.5 Å². The van der Waals surface area contributed by atoms with Gasteiger partial charge in [-0.2, -0.15) is 0 Å². The first-order chi connectivity index (χ1) is 13.2. The second-order valence-corrected chi connectivity index (χ2v) is 8.66. The van der Waals surface area contributed by atoms with Crippen LogP contribution in [0.5, 0.6) is 11.5 Å². The molecule has 0 N–H and O–H groups in total. The molecule has 1 aromatic carbocycles.